The average molecular weight is 510 g/mol. The molecule has 0 spiro atoms. The van der Waals surface area contributed by atoms with Gasteiger partial charge in [-0.2, -0.15) is 0 Å². The molecule has 1 unspecified atom stereocenters. The smallest absolute Gasteiger partial charge is 0.0305 e. The van der Waals surface area contributed by atoms with Crippen molar-refractivity contribution in [3.63, 3.8) is 0 Å². The van der Waals surface area contributed by atoms with Crippen molar-refractivity contribution in [3.8, 4) is 0 Å². The van der Waals surface area contributed by atoms with Crippen molar-refractivity contribution in [1.29, 1.82) is 0 Å². The zero-order valence-corrected chi connectivity index (χ0v) is 24.8. The normalized spacial score (nSPS) is 34.6. The van der Waals surface area contributed by atoms with Crippen LogP contribution in [-0.4, -0.2) is 22.5 Å². The van der Waals surface area contributed by atoms with E-state index in [0.29, 0.717) is 11.0 Å². The van der Waals surface area contributed by atoms with Gasteiger partial charge in [0.1, 0.15) is 0 Å². The van der Waals surface area contributed by atoms with Crippen molar-refractivity contribution < 1.29 is 0 Å². The number of nitrogens with zero attached hydrogens (tertiary/aromatic N) is 1. The van der Waals surface area contributed by atoms with E-state index in [2.05, 4.69) is 4.90 Å². The molecule has 0 heterocycles. The summed E-state index contributed by atoms with van der Waals surface area (Å²) in [5, 5.41) is 0. The lowest BCUT2D eigenvalue weighted by Gasteiger charge is -2.71. The Hall–Kier alpha value is -0.0400. The van der Waals surface area contributed by atoms with E-state index in [4.69, 9.17) is 0 Å². The molecule has 0 amide bonds. The molecule has 6 aliphatic carbocycles. The number of hydrogen-bond donors (Lipinski definition) is 0. The van der Waals surface area contributed by atoms with E-state index < -0.39 is 0 Å². The fraction of sp³-hybridized carbons (Fsp3) is 1.00. The summed E-state index contributed by atoms with van der Waals surface area (Å²) in [6.07, 6.45) is 45.0. The van der Waals surface area contributed by atoms with Gasteiger partial charge >= 0.3 is 0 Å². The first kappa shape index (κ1) is 27.1. The minimum atomic E-state index is 0.541. The second kappa shape index (κ2) is 12.6. The van der Waals surface area contributed by atoms with Crippen LogP contribution in [0.2, 0.25) is 0 Å². The van der Waals surface area contributed by atoms with Crippen LogP contribution in [0.5, 0.6) is 0 Å². The Kier molecular flexibility index (Phi) is 9.28. The molecule has 6 saturated carbocycles. The van der Waals surface area contributed by atoms with Crippen molar-refractivity contribution >= 4 is 0 Å². The first-order valence-corrected chi connectivity index (χ1v) is 18.1. The first-order chi connectivity index (χ1) is 18.4. The van der Waals surface area contributed by atoms with E-state index in [1.165, 1.54) is 83.5 Å². The lowest BCUT2D eigenvalue weighted by atomic mass is 9.42. The molecule has 37 heavy (non-hydrogen) atoms. The fourth-order valence-corrected chi connectivity index (χ4v) is 12.4. The van der Waals surface area contributed by atoms with Gasteiger partial charge in [-0.3, -0.25) is 4.90 Å². The van der Waals surface area contributed by atoms with Gasteiger partial charge in [0.15, 0.2) is 0 Å². The molecule has 0 bridgehead atoms. The lowest BCUT2D eigenvalue weighted by molar-refractivity contribution is -0.212. The van der Waals surface area contributed by atoms with Crippen LogP contribution in [-0.2, 0) is 0 Å². The van der Waals surface area contributed by atoms with E-state index in [-0.39, 0.29) is 0 Å². The van der Waals surface area contributed by atoms with Crippen LogP contribution >= 0.6 is 0 Å². The van der Waals surface area contributed by atoms with Crippen LogP contribution in [0.3, 0.4) is 0 Å². The highest BCUT2D eigenvalue weighted by Crippen LogP contribution is 2.67. The minimum absolute atomic E-state index is 0.541. The molecule has 0 aromatic rings. The summed E-state index contributed by atoms with van der Waals surface area (Å²) in [4.78, 5) is 3.56. The maximum atomic E-state index is 3.56. The topological polar surface area (TPSA) is 3.24 Å². The van der Waals surface area contributed by atoms with Gasteiger partial charge in [-0.1, -0.05) is 109 Å². The van der Waals surface area contributed by atoms with Crippen molar-refractivity contribution in [2.45, 2.75) is 204 Å². The quantitative estimate of drug-likeness (QED) is 0.344. The monoisotopic (exact) mass is 509 g/mol. The van der Waals surface area contributed by atoms with Crippen LogP contribution in [0.15, 0.2) is 0 Å². The van der Waals surface area contributed by atoms with Crippen LogP contribution in [0, 0.1) is 23.2 Å². The molecule has 1 nitrogen and oxygen atoms in total. The van der Waals surface area contributed by atoms with Crippen LogP contribution in [0.4, 0.5) is 0 Å². The van der Waals surface area contributed by atoms with E-state index in [1.807, 2.05) is 0 Å². The molecule has 0 N–H and O–H groups in total. The van der Waals surface area contributed by atoms with E-state index >= 15 is 0 Å². The largest absolute Gasteiger partial charge is 0.291 e. The maximum absolute atomic E-state index is 3.56. The van der Waals surface area contributed by atoms with Gasteiger partial charge in [-0.05, 0) is 100 Å². The second-order valence-electron chi connectivity index (χ2n) is 15.2. The van der Waals surface area contributed by atoms with E-state index in [9.17, 15) is 0 Å². The third kappa shape index (κ3) is 5.12. The Morgan fingerprint density at radius 3 is 1.11 bits per heavy atom. The van der Waals surface area contributed by atoms with Crippen molar-refractivity contribution in [1.82, 2.24) is 4.90 Å². The Balaban J connectivity index is 1.53. The molecule has 0 aromatic carbocycles. The molecule has 1 heteroatoms. The van der Waals surface area contributed by atoms with Gasteiger partial charge in [-0.25, -0.2) is 0 Å². The Labute approximate surface area is 231 Å². The predicted molar refractivity (Wildman–Crippen MR) is 159 cm³/mol. The van der Waals surface area contributed by atoms with Gasteiger partial charge in [0.25, 0.3) is 0 Å². The fourth-order valence-electron chi connectivity index (χ4n) is 12.4. The van der Waals surface area contributed by atoms with E-state index in [0.717, 1.165) is 29.8 Å². The molecular weight excluding hydrogens is 446 g/mol. The highest BCUT2D eigenvalue weighted by Gasteiger charge is 2.66. The Morgan fingerprint density at radius 1 is 0.324 bits per heavy atom. The summed E-state index contributed by atoms with van der Waals surface area (Å²) in [6, 6.07) is 1.84. The lowest BCUT2D eigenvalue weighted by Crippen LogP contribution is -2.74. The molecule has 6 fully saturated rings. The molecule has 6 rings (SSSR count). The summed E-state index contributed by atoms with van der Waals surface area (Å²) < 4.78 is 0. The minimum Gasteiger partial charge on any atom is -0.291 e. The highest BCUT2D eigenvalue weighted by atomic mass is 15.3. The predicted octanol–water partition coefficient (Wildman–Crippen LogP) is 11.0. The zero-order valence-electron chi connectivity index (χ0n) is 24.8. The van der Waals surface area contributed by atoms with Gasteiger partial charge in [-0.15, -0.1) is 0 Å². The number of rotatable bonds is 6. The molecule has 0 aliphatic heterocycles. The second-order valence-corrected chi connectivity index (χ2v) is 15.2. The third-order valence-electron chi connectivity index (χ3n) is 13.5. The van der Waals surface area contributed by atoms with E-state index in [1.54, 1.807) is 103 Å². The summed E-state index contributed by atoms with van der Waals surface area (Å²) in [5.74, 6) is 3.09. The summed E-state index contributed by atoms with van der Waals surface area (Å²) in [6.45, 7) is 0. The van der Waals surface area contributed by atoms with Gasteiger partial charge in [0, 0.05) is 17.6 Å². The van der Waals surface area contributed by atoms with Crippen LogP contribution in [0.25, 0.3) is 0 Å². The Bertz CT molecular complexity index is 633. The van der Waals surface area contributed by atoms with Crippen molar-refractivity contribution in [2.75, 3.05) is 0 Å². The summed E-state index contributed by atoms with van der Waals surface area (Å²) >= 11 is 0. The van der Waals surface area contributed by atoms with Crippen LogP contribution < -0.4 is 0 Å². The molecule has 0 radical (unpaired) electrons. The van der Waals surface area contributed by atoms with Gasteiger partial charge in [0.2, 0.25) is 0 Å². The third-order valence-corrected chi connectivity index (χ3v) is 13.5. The maximum Gasteiger partial charge on any atom is 0.0305 e. The SMILES string of the molecule is C1CCC(N(C2CCCCC2)C2(C3CCCCC3)CCCCC2(C2CCCCC2)C2CCCCC2)CC1. The average Bonchev–Trinajstić information content (AvgIpc) is 3.00. The summed E-state index contributed by atoms with van der Waals surface area (Å²) in [7, 11) is 0. The number of hydrogen-bond acceptors (Lipinski definition) is 1. The zero-order chi connectivity index (χ0) is 25.0. The Morgan fingerprint density at radius 2 is 0.676 bits per heavy atom. The molecule has 1 atom stereocenters. The van der Waals surface area contributed by atoms with Gasteiger partial charge in [0.05, 0.1) is 0 Å². The first-order valence-electron chi connectivity index (χ1n) is 18.1. The standard InChI is InChI=1S/C36H63N/c1-6-18-30(19-7-1)35(31-20-8-2-9-21-31)28-16-17-29-36(35,32-22-10-3-11-23-32)37(33-24-12-4-13-25-33)34-26-14-5-15-27-34/h30-34H,1-29H2. The molecular formula is C36H63N. The van der Waals surface area contributed by atoms with Crippen molar-refractivity contribution in [3.05, 3.63) is 0 Å². The molecule has 0 aromatic heterocycles. The summed E-state index contributed by atoms with van der Waals surface area (Å²) in [5.41, 5.74) is 1.18. The van der Waals surface area contributed by atoms with Gasteiger partial charge < -0.3 is 0 Å². The molecule has 6 aliphatic rings. The highest BCUT2D eigenvalue weighted by molar-refractivity contribution is 5.18. The van der Waals surface area contributed by atoms with Crippen LogP contribution in [0.1, 0.15) is 186 Å². The van der Waals surface area contributed by atoms with Crippen molar-refractivity contribution in [2.24, 2.45) is 23.2 Å². The molecule has 0 saturated heterocycles. The molecule has 212 valence electrons.